The summed E-state index contributed by atoms with van der Waals surface area (Å²) in [6, 6.07) is 7.60. The Morgan fingerprint density at radius 2 is 2.28 bits per heavy atom. The second kappa shape index (κ2) is 6.45. The van der Waals surface area contributed by atoms with Crippen molar-refractivity contribution in [3.05, 3.63) is 29.3 Å². The molecular formula is C13H17ClN2OS. The van der Waals surface area contributed by atoms with Crippen molar-refractivity contribution in [1.82, 2.24) is 10.6 Å². The molecule has 1 unspecified atom stereocenters. The fourth-order valence-electron chi connectivity index (χ4n) is 1.67. The molecule has 2 rings (SSSR count). The SMILES string of the molecule is CC(Sc1ccccc1Cl)C(=O)NCC1CNC1. The molecule has 0 aliphatic carbocycles. The van der Waals surface area contributed by atoms with E-state index in [0.29, 0.717) is 10.9 Å². The smallest absolute Gasteiger partial charge is 0.233 e. The largest absolute Gasteiger partial charge is 0.355 e. The van der Waals surface area contributed by atoms with Crippen molar-refractivity contribution in [2.45, 2.75) is 17.1 Å². The van der Waals surface area contributed by atoms with E-state index in [1.54, 1.807) is 0 Å². The van der Waals surface area contributed by atoms with E-state index in [1.807, 2.05) is 31.2 Å². The number of thioether (sulfide) groups is 1. The average molecular weight is 285 g/mol. The fraction of sp³-hybridized carbons (Fsp3) is 0.462. The Morgan fingerprint density at radius 3 is 2.89 bits per heavy atom. The quantitative estimate of drug-likeness (QED) is 0.814. The Kier molecular flexibility index (Phi) is 4.92. The summed E-state index contributed by atoms with van der Waals surface area (Å²) in [7, 11) is 0. The first-order valence-electron chi connectivity index (χ1n) is 6.06. The summed E-state index contributed by atoms with van der Waals surface area (Å²) in [6.07, 6.45) is 0. The molecule has 0 radical (unpaired) electrons. The zero-order valence-corrected chi connectivity index (χ0v) is 11.9. The minimum Gasteiger partial charge on any atom is -0.355 e. The molecule has 1 saturated heterocycles. The summed E-state index contributed by atoms with van der Waals surface area (Å²) >= 11 is 7.57. The molecule has 1 aromatic rings. The van der Waals surface area contributed by atoms with Gasteiger partial charge in [0.1, 0.15) is 0 Å². The number of amides is 1. The topological polar surface area (TPSA) is 41.1 Å². The molecule has 2 N–H and O–H groups in total. The molecule has 3 nitrogen and oxygen atoms in total. The van der Waals surface area contributed by atoms with Gasteiger partial charge in [0, 0.05) is 30.4 Å². The molecule has 0 aromatic heterocycles. The fourth-order valence-corrected chi connectivity index (χ4v) is 2.84. The summed E-state index contributed by atoms with van der Waals surface area (Å²) in [5.74, 6) is 0.665. The van der Waals surface area contributed by atoms with Crippen LogP contribution in [0.1, 0.15) is 6.92 Å². The third kappa shape index (κ3) is 3.64. The molecule has 1 aliphatic heterocycles. The highest BCUT2D eigenvalue weighted by atomic mass is 35.5. The van der Waals surface area contributed by atoms with Crippen LogP contribution in [0.3, 0.4) is 0 Å². The molecule has 0 spiro atoms. The van der Waals surface area contributed by atoms with E-state index in [0.717, 1.165) is 24.5 Å². The maximum atomic E-state index is 11.9. The number of benzene rings is 1. The van der Waals surface area contributed by atoms with E-state index in [2.05, 4.69) is 10.6 Å². The van der Waals surface area contributed by atoms with Gasteiger partial charge in [0.05, 0.1) is 10.3 Å². The van der Waals surface area contributed by atoms with Crippen LogP contribution >= 0.6 is 23.4 Å². The molecule has 0 saturated carbocycles. The molecule has 5 heteroatoms. The number of nitrogens with one attached hydrogen (secondary N) is 2. The highest BCUT2D eigenvalue weighted by Crippen LogP contribution is 2.29. The van der Waals surface area contributed by atoms with Crippen LogP contribution < -0.4 is 10.6 Å². The minimum atomic E-state index is -0.127. The van der Waals surface area contributed by atoms with Crippen molar-refractivity contribution >= 4 is 29.3 Å². The maximum Gasteiger partial charge on any atom is 0.233 e. The monoisotopic (exact) mass is 284 g/mol. The van der Waals surface area contributed by atoms with Gasteiger partial charge in [-0.2, -0.15) is 0 Å². The van der Waals surface area contributed by atoms with E-state index in [-0.39, 0.29) is 11.2 Å². The van der Waals surface area contributed by atoms with Crippen molar-refractivity contribution in [1.29, 1.82) is 0 Å². The summed E-state index contributed by atoms with van der Waals surface area (Å²) in [5.41, 5.74) is 0. The molecule has 1 fully saturated rings. The zero-order chi connectivity index (χ0) is 13.0. The molecule has 1 amide bonds. The lowest BCUT2D eigenvalue weighted by atomic mass is 10.0. The van der Waals surface area contributed by atoms with Crippen LogP contribution in [0.5, 0.6) is 0 Å². The van der Waals surface area contributed by atoms with Gasteiger partial charge in [-0.1, -0.05) is 23.7 Å². The van der Waals surface area contributed by atoms with Crippen molar-refractivity contribution in [3.8, 4) is 0 Å². The lowest BCUT2D eigenvalue weighted by molar-refractivity contribution is -0.120. The van der Waals surface area contributed by atoms with E-state index >= 15 is 0 Å². The van der Waals surface area contributed by atoms with Gasteiger partial charge in [-0.3, -0.25) is 4.79 Å². The standard InChI is InChI=1S/C13H17ClN2OS/c1-9(13(17)16-8-10-6-15-7-10)18-12-5-3-2-4-11(12)14/h2-5,9-10,15H,6-8H2,1H3,(H,16,17). The van der Waals surface area contributed by atoms with Crippen LogP contribution in [0.2, 0.25) is 5.02 Å². The molecule has 1 heterocycles. The van der Waals surface area contributed by atoms with E-state index in [1.165, 1.54) is 11.8 Å². The summed E-state index contributed by atoms with van der Waals surface area (Å²) in [5, 5.41) is 6.74. The molecule has 1 atom stereocenters. The molecule has 1 aliphatic rings. The molecule has 0 bridgehead atoms. The molecule has 18 heavy (non-hydrogen) atoms. The molecule has 98 valence electrons. The number of rotatable bonds is 5. The zero-order valence-electron chi connectivity index (χ0n) is 10.3. The normalized spacial score (nSPS) is 17.0. The number of carbonyl (C=O) groups excluding carboxylic acids is 1. The second-order valence-corrected chi connectivity index (χ2v) is 6.25. The van der Waals surface area contributed by atoms with Crippen LogP contribution in [-0.2, 0) is 4.79 Å². The Hall–Kier alpha value is -0.710. The van der Waals surface area contributed by atoms with Gasteiger partial charge in [0.25, 0.3) is 0 Å². The highest BCUT2D eigenvalue weighted by molar-refractivity contribution is 8.00. The van der Waals surface area contributed by atoms with Crippen LogP contribution in [0.25, 0.3) is 0 Å². The van der Waals surface area contributed by atoms with Crippen LogP contribution in [0.15, 0.2) is 29.2 Å². The lowest BCUT2D eigenvalue weighted by Gasteiger charge is -2.27. The first kappa shape index (κ1) is 13.7. The third-order valence-electron chi connectivity index (χ3n) is 2.94. The molecule has 1 aromatic carbocycles. The Balaban J connectivity index is 1.81. The number of halogens is 1. The van der Waals surface area contributed by atoms with Gasteiger partial charge in [0.15, 0.2) is 0 Å². The van der Waals surface area contributed by atoms with Crippen molar-refractivity contribution < 1.29 is 4.79 Å². The van der Waals surface area contributed by atoms with Gasteiger partial charge < -0.3 is 10.6 Å². The maximum absolute atomic E-state index is 11.9. The highest BCUT2D eigenvalue weighted by Gasteiger charge is 2.20. The number of hydrogen-bond acceptors (Lipinski definition) is 3. The first-order valence-corrected chi connectivity index (χ1v) is 7.32. The Labute approximate surface area is 117 Å². The number of carbonyl (C=O) groups is 1. The summed E-state index contributed by atoms with van der Waals surface area (Å²) < 4.78 is 0. The van der Waals surface area contributed by atoms with E-state index < -0.39 is 0 Å². The van der Waals surface area contributed by atoms with Gasteiger partial charge in [-0.05, 0) is 19.1 Å². The van der Waals surface area contributed by atoms with Crippen LogP contribution in [0.4, 0.5) is 0 Å². The Bertz CT molecular complexity index is 423. The van der Waals surface area contributed by atoms with E-state index in [4.69, 9.17) is 11.6 Å². The average Bonchev–Trinajstić information content (AvgIpc) is 2.30. The molecular weight excluding hydrogens is 268 g/mol. The second-order valence-electron chi connectivity index (χ2n) is 4.46. The lowest BCUT2D eigenvalue weighted by Crippen LogP contribution is -2.49. The van der Waals surface area contributed by atoms with Crippen molar-refractivity contribution in [2.24, 2.45) is 5.92 Å². The Morgan fingerprint density at radius 1 is 1.56 bits per heavy atom. The van der Waals surface area contributed by atoms with E-state index in [9.17, 15) is 4.79 Å². The van der Waals surface area contributed by atoms with Crippen molar-refractivity contribution in [3.63, 3.8) is 0 Å². The van der Waals surface area contributed by atoms with Gasteiger partial charge in [0.2, 0.25) is 5.91 Å². The predicted molar refractivity (Wildman–Crippen MR) is 76.1 cm³/mol. The predicted octanol–water partition coefficient (Wildman–Crippen LogP) is 2.16. The van der Waals surface area contributed by atoms with Gasteiger partial charge in [-0.15, -0.1) is 11.8 Å². The summed E-state index contributed by atoms with van der Waals surface area (Å²) in [6.45, 7) is 4.68. The number of hydrogen-bond donors (Lipinski definition) is 2. The van der Waals surface area contributed by atoms with Crippen LogP contribution in [-0.4, -0.2) is 30.8 Å². The summed E-state index contributed by atoms with van der Waals surface area (Å²) in [4.78, 5) is 12.9. The van der Waals surface area contributed by atoms with Gasteiger partial charge in [-0.25, -0.2) is 0 Å². The van der Waals surface area contributed by atoms with Gasteiger partial charge >= 0.3 is 0 Å². The third-order valence-corrected chi connectivity index (χ3v) is 4.56. The first-order chi connectivity index (χ1) is 8.66. The van der Waals surface area contributed by atoms with Crippen molar-refractivity contribution in [2.75, 3.05) is 19.6 Å². The van der Waals surface area contributed by atoms with Crippen LogP contribution in [0, 0.1) is 5.92 Å². The minimum absolute atomic E-state index is 0.0758.